The highest BCUT2D eigenvalue weighted by Crippen LogP contribution is 2.43. The minimum absolute atomic E-state index is 0.0336. The molecular weight excluding hydrogens is 216 g/mol. The first-order valence-electron chi connectivity index (χ1n) is 5.88. The Morgan fingerprint density at radius 3 is 2.88 bits per heavy atom. The van der Waals surface area contributed by atoms with Gasteiger partial charge in [-0.1, -0.05) is 30.3 Å². The van der Waals surface area contributed by atoms with Crippen LogP contribution in [0.1, 0.15) is 24.8 Å². The molecule has 1 aromatic rings. The SMILES string of the molecule is CCOC(=O)CN=N[C@@H]1C[C@H]1c1ccccc1. The maximum atomic E-state index is 11.0. The van der Waals surface area contributed by atoms with E-state index >= 15 is 0 Å². The Hall–Kier alpha value is -1.71. The van der Waals surface area contributed by atoms with Gasteiger partial charge >= 0.3 is 5.97 Å². The summed E-state index contributed by atoms with van der Waals surface area (Å²) in [5.74, 6) is 0.162. The number of esters is 1. The second-order valence-corrected chi connectivity index (χ2v) is 4.04. The minimum atomic E-state index is -0.312. The normalized spacial score (nSPS) is 22.6. The second-order valence-electron chi connectivity index (χ2n) is 4.04. The third-order valence-electron chi connectivity index (χ3n) is 2.72. The maximum absolute atomic E-state index is 11.0. The molecule has 0 amide bonds. The van der Waals surface area contributed by atoms with Crippen LogP contribution in [0.5, 0.6) is 0 Å². The average Bonchev–Trinajstić information content (AvgIpc) is 3.10. The van der Waals surface area contributed by atoms with Gasteiger partial charge in [0, 0.05) is 5.92 Å². The van der Waals surface area contributed by atoms with Crippen molar-refractivity contribution in [3.05, 3.63) is 35.9 Å². The van der Waals surface area contributed by atoms with Gasteiger partial charge in [-0.05, 0) is 18.9 Å². The van der Waals surface area contributed by atoms with Crippen LogP contribution in [0.25, 0.3) is 0 Å². The number of azo groups is 1. The summed E-state index contributed by atoms with van der Waals surface area (Å²) in [5, 5.41) is 8.02. The number of carbonyl (C=O) groups is 1. The number of hydrogen-bond donors (Lipinski definition) is 0. The Kier molecular flexibility index (Phi) is 3.85. The molecular formula is C13H16N2O2. The maximum Gasteiger partial charge on any atom is 0.329 e. The molecule has 0 bridgehead atoms. The van der Waals surface area contributed by atoms with E-state index < -0.39 is 0 Å². The number of benzene rings is 1. The fourth-order valence-corrected chi connectivity index (χ4v) is 1.78. The molecule has 4 nitrogen and oxygen atoms in total. The summed E-state index contributed by atoms with van der Waals surface area (Å²) < 4.78 is 4.76. The summed E-state index contributed by atoms with van der Waals surface area (Å²) in [6, 6.07) is 10.5. The molecule has 0 spiro atoms. The van der Waals surface area contributed by atoms with Crippen molar-refractivity contribution in [1.29, 1.82) is 0 Å². The molecule has 2 atom stereocenters. The highest BCUT2D eigenvalue weighted by molar-refractivity contribution is 5.71. The predicted molar refractivity (Wildman–Crippen MR) is 63.9 cm³/mol. The monoisotopic (exact) mass is 232 g/mol. The Morgan fingerprint density at radius 2 is 2.18 bits per heavy atom. The third kappa shape index (κ3) is 3.37. The van der Waals surface area contributed by atoms with Gasteiger partial charge in [-0.2, -0.15) is 10.2 Å². The molecule has 2 rings (SSSR count). The summed E-state index contributed by atoms with van der Waals surface area (Å²) in [6.45, 7) is 2.21. The molecule has 0 unspecified atom stereocenters. The van der Waals surface area contributed by atoms with Crippen molar-refractivity contribution in [2.45, 2.75) is 25.3 Å². The van der Waals surface area contributed by atoms with Crippen LogP contribution in [0.3, 0.4) is 0 Å². The van der Waals surface area contributed by atoms with Crippen molar-refractivity contribution in [2.24, 2.45) is 10.2 Å². The first kappa shape index (κ1) is 11.8. The second kappa shape index (κ2) is 5.57. The van der Waals surface area contributed by atoms with Crippen molar-refractivity contribution in [3.63, 3.8) is 0 Å². The zero-order chi connectivity index (χ0) is 12.1. The van der Waals surface area contributed by atoms with Crippen LogP contribution in [0.2, 0.25) is 0 Å². The molecule has 1 aliphatic carbocycles. The molecule has 17 heavy (non-hydrogen) atoms. The smallest absolute Gasteiger partial charge is 0.329 e. The lowest BCUT2D eigenvalue weighted by atomic mass is 10.1. The standard InChI is InChI=1S/C13H16N2O2/c1-2-17-13(16)9-14-15-12-8-11(12)10-6-4-3-5-7-10/h3-7,11-12H,2,8-9H2,1H3/t11-,12+/m0/s1. The fraction of sp³-hybridized carbons (Fsp3) is 0.462. The summed E-state index contributed by atoms with van der Waals surface area (Å²) >= 11 is 0. The molecule has 0 aromatic heterocycles. The molecule has 0 radical (unpaired) electrons. The van der Waals surface area contributed by atoms with E-state index in [0.29, 0.717) is 12.5 Å². The summed E-state index contributed by atoms with van der Waals surface area (Å²) in [7, 11) is 0. The van der Waals surface area contributed by atoms with E-state index in [9.17, 15) is 4.79 Å². The predicted octanol–water partition coefficient (Wildman–Crippen LogP) is 2.56. The number of carbonyl (C=O) groups excluding carboxylic acids is 1. The van der Waals surface area contributed by atoms with Crippen LogP contribution in [-0.4, -0.2) is 25.2 Å². The lowest BCUT2D eigenvalue weighted by Gasteiger charge is -1.97. The van der Waals surface area contributed by atoms with Gasteiger partial charge in [0.2, 0.25) is 0 Å². The molecule has 90 valence electrons. The Balaban J connectivity index is 1.76. The van der Waals surface area contributed by atoms with Crippen molar-refractivity contribution >= 4 is 5.97 Å². The molecule has 4 heteroatoms. The van der Waals surface area contributed by atoms with Gasteiger partial charge in [0.1, 0.15) is 0 Å². The van der Waals surface area contributed by atoms with Crippen LogP contribution < -0.4 is 0 Å². The van der Waals surface area contributed by atoms with Crippen molar-refractivity contribution in [1.82, 2.24) is 0 Å². The lowest BCUT2D eigenvalue weighted by molar-refractivity contribution is -0.141. The molecule has 1 aromatic carbocycles. The third-order valence-corrected chi connectivity index (χ3v) is 2.72. The molecule has 0 aliphatic heterocycles. The van der Waals surface area contributed by atoms with Crippen LogP contribution >= 0.6 is 0 Å². The summed E-state index contributed by atoms with van der Waals surface area (Å²) in [5.41, 5.74) is 1.30. The topological polar surface area (TPSA) is 51.0 Å². The van der Waals surface area contributed by atoms with E-state index in [1.807, 2.05) is 18.2 Å². The van der Waals surface area contributed by atoms with Crippen LogP contribution in [0, 0.1) is 0 Å². The van der Waals surface area contributed by atoms with Gasteiger partial charge in [0.25, 0.3) is 0 Å². The fourth-order valence-electron chi connectivity index (χ4n) is 1.78. The van der Waals surface area contributed by atoms with E-state index in [4.69, 9.17) is 4.74 Å². The zero-order valence-electron chi connectivity index (χ0n) is 9.87. The van der Waals surface area contributed by atoms with Gasteiger partial charge in [0.05, 0.1) is 12.6 Å². The number of hydrogen-bond acceptors (Lipinski definition) is 4. The zero-order valence-corrected chi connectivity index (χ0v) is 9.87. The Bertz CT molecular complexity index is 403. The van der Waals surface area contributed by atoms with Gasteiger partial charge in [-0.25, -0.2) is 4.79 Å². The molecule has 1 fully saturated rings. The molecule has 0 N–H and O–H groups in total. The molecule has 0 heterocycles. The highest BCUT2D eigenvalue weighted by atomic mass is 16.5. The Morgan fingerprint density at radius 1 is 1.41 bits per heavy atom. The first-order chi connectivity index (χ1) is 8.31. The summed E-state index contributed by atoms with van der Waals surface area (Å²) in [6.07, 6.45) is 1.02. The van der Waals surface area contributed by atoms with Crippen molar-refractivity contribution in [3.8, 4) is 0 Å². The average molecular weight is 232 g/mol. The van der Waals surface area contributed by atoms with Crippen LogP contribution in [0.15, 0.2) is 40.6 Å². The van der Waals surface area contributed by atoms with Crippen LogP contribution in [0.4, 0.5) is 0 Å². The van der Waals surface area contributed by atoms with Gasteiger partial charge < -0.3 is 4.74 Å². The van der Waals surface area contributed by atoms with Gasteiger partial charge in [0.15, 0.2) is 6.54 Å². The molecule has 0 saturated heterocycles. The Labute approximate surface area is 101 Å². The number of nitrogens with zero attached hydrogens (tertiary/aromatic N) is 2. The number of ether oxygens (including phenoxy) is 1. The van der Waals surface area contributed by atoms with E-state index in [-0.39, 0.29) is 18.6 Å². The van der Waals surface area contributed by atoms with Crippen molar-refractivity contribution in [2.75, 3.05) is 13.2 Å². The van der Waals surface area contributed by atoms with Crippen molar-refractivity contribution < 1.29 is 9.53 Å². The summed E-state index contributed by atoms with van der Waals surface area (Å²) in [4.78, 5) is 11.0. The van der Waals surface area contributed by atoms with E-state index in [2.05, 4.69) is 22.4 Å². The highest BCUT2D eigenvalue weighted by Gasteiger charge is 2.38. The lowest BCUT2D eigenvalue weighted by Crippen LogP contribution is -2.07. The minimum Gasteiger partial charge on any atom is -0.465 e. The number of rotatable bonds is 5. The largest absolute Gasteiger partial charge is 0.465 e. The molecule has 1 aliphatic rings. The first-order valence-corrected chi connectivity index (χ1v) is 5.88. The quantitative estimate of drug-likeness (QED) is 0.578. The van der Waals surface area contributed by atoms with Crippen LogP contribution in [-0.2, 0) is 9.53 Å². The van der Waals surface area contributed by atoms with E-state index in [1.54, 1.807) is 6.92 Å². The van der Waals surface area contributed by atoms with E-state index in [1.165, 1.54) is 5.56 Å². The molecule has 1 saturated carbocycles. The van der Waals surface area contributed by atoms with Gasteiger partial charge in [-0.15, -0.1) is 0 Å². The van der Waals surface area contributed by atoms with Gasteiger partial charge in [-0.3, -0.25) is 0 Å². The van der Waals surface area contributed by atoms with E-state index in [0.717, 1.165) is 6.42 Å².